The number of aromatic nitrogens is 3. The number of imide groups is 1. The molecule has 11 heteroatoms. The highest BCUT2D eigenvalue weighted by Gasteiger charge is 2.52. The van der Waals surface area contributed by atoms with Crippen LogP contribution in [0.25, 0.3) is 5.69 Å². The number of hydrazine groups is 1. The maximum absolute atomic E-state index is 13.0. The molecule has 3 heterocycles. The first-order valence-electron chi connectivity index (χ1n) is 12.3. The number of nitrogens with one attached hydrogen (secondary N) is 2. The molecule has 1 aliphatic carbocycles. The average molecular weight is 498 g/mol. The van der Waals surface area contributed by atoms with E-state index in [2.05, 4.69) is 32.8 Å². The zero-order chi connectivity index (χ0) is 24.4. The number of hydrogen-bond acceptors (Lipinski definition) is 7. The smallest absolute Gasteiger partial charge is 0.341 e. The Labute approximate surface area is 208 Å². The van der Waals surface area contributed by atoms with Crippen molar-refractivity contribution >= 4 is 35.6 Å². The monoisotopic (exact) mass is 497 g/mol. The molecular weight excluding hydrogens is 466 g/mol. The molecule has 1 aromatic carbocycles. The van der Waals surface area contributed by atoms with Crippen LogP contribution < -0.4 is 15.6 Å². The number of carbonyl (C=O) groups is 3. The van der Waals surface area contributed by atoms with Crippen LogP contribution in [-0.2, 0) is 9.59 Å². The maximum atomic E-state index is 13.0. The van der Waals surface area contributed by atoms with Crippen molar-refractivity contribution in [3.05, 3.63) is 30.3 Å². The number of rotatable bonds is 6. The van der Waals surface area contributed by atoms with Crippen molar-refractivity contribution in [2.45, 2.75) is 62.6 Å². The summed E-state index contributed by atoms with van der Waals surface area (Å²) in [5, 5.41) is 13.1. The van der Waals surface area contributed by atoms with Crippen molar-refractivity contribution in [3.63, 3.8) is 0 Å². The van der Waals surface area contributed by atoms with Crippen molar-refractivity contribution in [2.24, 2.45) is 5.92 Å². The van der Waals surface area contributed by atoms with E-state index in [0.717, 1.165) is 55.4 Å². The van der Waals surface area contributed by atoms with Crippen LogP contribution in [0.5, 0.6) is 0 Å². The van der Waals surface area contributed by atoms with Gasteiger partial charge in [0, 0.05) is 13.1 Å². The van der Waals surface area contributed by atoms with E-state index in [9.17, 15) is 14.4 Å². The van der Waals surface area contributed by atoms with Gasteiger partial charge in [0.05, 0.1) is 11.4 Å². The number of piperidine rings is 1. The predicted molar refractivity (Wildman–Crippen MR) is 132 cm³/mol. The minimum atomic E-state index is -0.888. The molecule has 3 fully saturated rings. The summed E-state index contributed by atoms with van der Waals surface area (Å²) >= 11 is 1.23. The fourth-order valence-electron chi connectivity index (χ4n) is 5.06. The maximum Gasteiger partial charge on any atom is 0.344 e. The molecule has 4 amide bonds. The minimum absolute atomic E-state index is 0.00788. The number of anilines is 1. The molecule has 186 valence electrons. The third kappa shape index (κ3) is 4.73. The molecule has 2 aromatic rings. The van der Waals surface area contributed by atoms with Gasteiger partial charge in [-0.2, -0.15) is 5.01 Å². The number of carbonyl (C=O) groups excluding carboxylic acids is 3. The second-order valence-electron chi connectivity index (χ2n) is 9.66. The van der Waals surface area contributed by atoms with Crippen LogP contribution in [0.15, 0.2) is 35.5 Å². The van der Waals surface area contributed by atoms with Crippen molar-refractivity contribution < 1.29 is 14.4 Å². The molecule has 2 aliphatic heterocycles. The molecule has 0 unspecified atom stereocenters. The third-order valence-corrected chi connectivity index (χ3v) is 8.06. The number of nitrogens with zero attached hydrogens (tertiary/aromatic N) is 5. The highest BCUT2D eigenvalue weighted by atomic mass is 32.2. The summed E-state index contributed by atoms with van der Waals surface area (Å²) in [4.78, 5) is 40.5. The fourth-order valence-corrected chi connectivity index (χ4v) is 5.80. The van der Waals surface area contributed by atoms with Crippen molar-refractivity contribution in [3.8, 4) is 5.69 Å². The number of para-hydroxylation sites is 1. The minimum Gasteiger partial charge on any atom is -0.341 e. The van der Waals surface area contributed by atoms with Crippen LogP contribution in [0.1, 0.15) is 51.9 Å². The van der Waals surface area contributed by atoms with Crippen LogP contribution in [-0.4, -0.2) is 62.0 Å². The Morgan fingerprint density at radius 2 is 1.83 bits per heavy atom. The Morgan fingerprint density at radius 1 is 1.11 bits per heavy atom. The lowest BCUT2D eigenvalue weighted by molar-refractivity contribution is -0.139. The van der Waals surface area contributed by atoms with Gasteiger partial charge in [0.25, 0.3) is 5.91 Å². The molecule has 1 spiro atoms. The lowest BCUT2D eigenvalue weighted by Crippen LogP contribution is -2.51. The fraction of sp³-hybridized carbons (Fsp3) is 0.542. The van der Waals surface area contributed by atoms with E-state index < -0.39 is 17.5 Å². The summed E-state index contributed by atoms with van der Waals surface area (Å²) in [6.07, 6.45) is 6.37. The van der Waals surface area contributed by atoms with Gasteiger partial charge in [-0.1, -0.05) is 36.9 Å². The molecule has 2 saturated heterocycles. The highest BCUT2D eigenvalue weighted by molar-refractivity contribution is 7.99. The van der Waals surface area contributed by atoms with Gasteiger partial charge in [-0.15, -0.1) is 10.2 Å². The number of thioether (sulfide) groups is 1. The van der Waals surface area contributed by atoms with E-state index in [-0.39, 0.29) is 11.7 Å². The second-order valence-corrected chi connectivity index (χ2v) is 10.6. The van der Waals surface area contributed by atoms with Crippen LogP contribution in [0.3, 0.4) is 0 Å². The van der Waals surface area contributed by atoms with Gasteiger partial charge in [0.1, 0.15) is 5.54 Å². The number of urea groups is 1. The summed E-state index contributed by atoms with van der Waals surface area (Å²) in [6.45, 7) is 3.99. The number of hydrogen-bond donors (Lipinski definition) is 2. The molecular formula is C24H31N7O3S. The Bertz CT molecular complexity index is 1090. The summed E-state index contributed by atoms with van der Waals surface area (Å²) in [7, 11) is 0. The molecule has 3 aliphatic rings. The average Bonchev–Trinajstić information content (AvgIpc) is 3.40. The molecule has 0 bridgehead atoms. The van der Waals surface area contributed by atoms with Crippen LogP contribution in [0.4, 0.5) is 10.7 Å². The normalized spacial score (nSPS) is 24.7. The molecule has 10 nitrogen and oxygen atoms in total. The standard InChI is InChI=1S/C24H31N7O3S/c1-17-10-12-24(13-11-17)20(33)31(22(34)25-24)28-19(32)16-35-23-27-26-21(29-14-6-3-7-15-29)30(23)18-8-4-2-5-9-18/h2,4-5,8-9,17H,3,6-7,10-16H2,1H3,(H,25,34)(H,28,32). The molecule has 5 rings (SSSR count). The van der Waals surface area contributed by atoms with E-state index in [1.165, 1.54) is 18.2 Å². The predicted octanol–water partition coefficient (Wildman–Crippen LogP) is 2.88. The molecule has 1 saturated carbocycles. The van der Waals surface area contributed by atoms with Gasteiger partial charge in [0.15, 0.2) is 5.16 Å². The van der Waals surface area contributed by atoms with Gasteiger partial charge in [-0.3, -0.25) is 19.6 Å². The van der Waals surface area contributed by atoms with Crippen molar-refractivity contribution in [1.29, 1.82) is 0 Å². The zero-order valence-corrected chi connectivity index (χ0v) is 20.7. The Morgan fingerprint density at radius 3 is 2.54 bits per heavy atom. The quantitative estimate of drug-likeness (QED) is 0.466. The first-order valence-corrected chi connectivity index (χ1v) is 13.3. The van der Waals surface area contributed by atoms with E-state index in [4.69, 9.17) is 0 Å². The number of benzene rings is 1. The van der Waals surface area contributed by atoms with Crippen LogP contribution >= 0.6 is 11.8 Å². The van der Waals surface area contributed by atoms with Gasteiger partial charge >= 0.3 is 6.03 Å². The lowest BCUT2D eigenvalue weighted by Gasteiger charge is -2.33. The molecule has 1 aromatic heterocycles. The second kappa shape index (κ2) is 9.88. The lowest BCUT2D eigenvalue weighted by atomic mass is 9.77. The summed E-state index contributed by atoms with van der Waals surface area (Å²) in [5.74, 6) is 0.476. The van der Waals surface area contributed by atoms with E-state index in [0.29, 0.717) is 23.9 Å². The molecule has 0 atom stereocenters. The van der Waals surface area contributed by atoms with E-state index in [1.54, 1.807) is 0 Å². The van der Waals surface area contributed by atoms with Gasteiger partial charge in [0.2, 0.25) is 11.9 Å². The summed E-state index contributed by atoms with van der Waals surface area (Å²) in [6, 6.07) is 9.26. The summed E-state index contributed by atoms with van der Waals surface area (Å²) in [5.41, 5.74) is 2.54. The van der Waals surface area contributed by atoms with Crippen molar-refractivity contribution in [2.75, 3.05) is 23.7 Å². The van der Waals surface area contributed by atoms with Crippen LogP contribution in [0, 0.1) is 5.92 Å². The summed E-state index contributed by atoms with van der Waals surface area (Å²) < 4.78 is 1.97. The Kier molecular flexibility index (Phi) is 6.68. The first kappa shape index (κ1) is 23.7. The third-order valence-electron chi connectivity index (χ3n) is 7.13. The molecule has 35 heavy (non-hydrogen) atoms. The Hall–Kier alpha value is -3.08. The largest absolute Gasteiger partial charge is 0.344 e. The van der Waals surface area contributed by atoms with Gasteiger partial charge in [-0.05, 0) is 63.0 Å². The van der Waals surface area contributed by atoms with Gasteiger partial charge in [-0.25, -0.2) is 4.79 Å². The number of amides is 4. The SMILES string of the molecule is CC1CCC2(CC1)NC(=O)N(NC(=O)CSc1nnc(N3CCCCC3)n1-c1ccccc1)C2=O. The van der Waals surface area contributed by atoms with Crippen molar-refractivity contribution in [1.82, 2.24) is 30.5 Å². The first-order chi connectivity index (χ1) is 17.0. The van der Waals surface area contributed by atoms with E-state index in [1.807, 2.05) is 34.9 Å². The van der Waals surface area contributed by atoms with Crippen LogP contribution in [0.2, 0.25) is 0 Å². The zero-order valence-electron chi connectivity index (χ0n) is 19.9. The molecule has 2 N–H and O–H groups in total. The topological polar surface area (TPSA) is 112 Å². The molecule has 0 radical (unpaired) electrons. The Balaban J connectivity index is 1.27. The van der Waals surface area contributed by atoms with Gasteiger partial charge < -0.3 is 10.2 Å². The van der Waals surface area contributed by atoms with E-state index >= 15 is 0 Å². The highest BCUT2D eigenvalue weighted by Crippen LogP contribution is 2.36.